The summed E-state index contributed by atoms with van der Waals surface area (Å²) in [4.78, 5) is 18.0. The Balaban J connectivity index is 1.23. The molecule has 2 aromatic heterocycles. The van der Waals surface area contributed by atoms with Gasteiger partial charge in [-0.2, -0.15) is 0 Å². The molecule has 4 aromatic rings. The van der Waals surface area contributed by atoms with Crippen molar-refractivity contribution in [2.45, 2.75) is 44.9 Å². The second-order valence-electron chi connectivity index (χ2n) is 10.8. The zero-order chi connectivity index (χ0) is 22.0. The third kappa shape index (κ3) is 3.25. The fraction of sp³-hybridized carbons (Fsp3) is 0.393. The van der Waals surface area contributed by atoms with Crippen molar-refractivity contribution < 1.29 is 4.79 Å². The van der Waals surface area contributed by atoms with Crippen molar-refractivity contribution in [2.24, 2.45) is 23.2 Å². The number of hydrogen-bond acceptors (Lipinski definition) is 3. The van der Waals surface area contributed by atoms with Crippen LogP contribution in [0.25, 0.3) is 27.5 Å². The predicted octanol–water partition coefficient (Wildman–Crippen LogP) is 6.09. The van der Waals surface area contributed by atoms with E-state index in [9.17, 15) is 4.79 Å². The Morgan fingerprint density at radius 2 is 1.70 bits per heavy atom. The molecule has 0 spiro atoms. The zero-order valence-electron chi connectivity index (χ0n) is 18.7. The molecule has 166 valence electrons. The van der Waals surface area contributed by atoms with Crippen LogP contribution in [0.15, 0.2) is 60.9 Å². The second kappa shape index (κ2) is 7.14. The van der Waals surface area contributed by atoms with E-state index in [1.807, 2.05) is 12.3 Å². The molecule has 4 fully saturated rings. The van der Waals surface area contributed by atoms with Gasteiger partial charge in [0.25, 0.3) is 0 Å². The third-order valence-corrected chi connectivity index (χ3v) is 8.39. The van der Waals surface area contributed by atoms with Crippen LogP contribution in [-0.4, -0.2) is 20.5 Å². The number of aromatic nitrogens is 3. The summed E-state index contributed by atoms with van der Waals surface area (Å²) in [6, 6.07) is 16.6. The lowest BCUT2D eigenvalue weighted by molar-refractivity contribution is -0.124. The van der Waals surface area contributed by atoms with Gasteiger partial charge in [-0.3, -0.25) is 4.79 Å². The Bertz CT molecular complexity index is 1350. The molecule has 33 heavy (non-hydrogen) atoms. The van der Waals surface area contributed by atoms with Gasteiger partial charge >= 0.3 is 0 Å². The third-order valence-electron chi connectivity index (χ3n) is 8.39. The minimum atomic E-state index is 0.0994. The van der Waals surface area contributed by atoms with Gasteiger partial charge in [-0.1, -0.05) is 36.4 Å². The van der Waals surface area contributed by atoms with E-state index in [0.29, 0.717) is 12.2 Å². The Hall–Kier alpha value is -3.21. The number of fused-ring (bicyclic) bond motifs is 2. The molecule has 4 aliphatic carbocycles. The van der Waals surface area contributed by atoms with Crippen molar-refractivity contribution >= 4 is 28.1 Å². The maximum Gasteiger partial charge on any atom is 0.226 e. The Kier molecular flexibility index (Phi) is 4.17. The maximum atomic E-state index is 13.4. The molecule has 5 heteroatoms. The lowest BCUT2D eigenvalue weighted by Crippen LogP contribution is -2.47. The standard InChI is InChI=1S/C28H28N4O/c33-24(17-28-14-18-10-19(15-28)12-20(11-18)16-28)30-26-25(27-29-8-3-9-32(27)31-26)23-7-6-21-4-1-2-5-22(21)13-23/h1-9,13,18-20H,10-12,14-17H2,(H,30,31,33). The first-order chi connectivity index (χ1) is 16.1. The molecular weight excluding hydrogens is 408 g/mol. The van der Waals surface area contributed by atoms with Gasteiger partial charge in [0.05, 0.1) is 5.56 Å². The van der Waals surface area contributed by atoms with Gasteiger partial charge in [0.1, 0.15) is 0 Å². The van der Waals surface area contributed by atoms with E-state index in [-0.39, 0.29) is 11.3 Å². The van der Waals surface area contributed by atoms with Crippen molar-refractivity contribution in [3.8, 4) is 11.1 Å². The van der Waals surface area contributed by atoms with Crippen molar-refractivity contribution in [3.63, 3.8) is 0 Å². The first-order valence-corrected chi connectivity index (χ1v) is 12.3. The molecule has 5 nitrogen and oxygen atoms in total. The van der Waals surface area contributed by atoms with E-state index in [4.69, 9.17) is 5.10 Å². The van der Waals surface area contributed by atoms with Crippen LogP contribution in [0, 0.1) is 23.2 Å². The van der Waals surface area contributed by atoms with Crippen LogP contribution in [0.2, 0.25) is 0 Å². The summed E-state index contributed by atoms with van der Waals surface area (Å²) in [5, 5.41) is 10.3. The quantitative estimate of drug-likeness (QED) is 0.421. The van der Waals surface area contributed by atoms with Crippen LogP contribution in [0.4, 0.5) is 5.82 Å². The monoisotopic (exact) mass is 436 g/mol. The lowest BCUT2D eigenvalue weighted by atomic mass is 9.49. The largest absolute Gasteiger partial charge is 0.309 e. The minimum absolute atomic E-state index is 0.0994. The topological polar surface area (TPSA) is 59.3 Å². The zero-order valence-corrected chi connectivity index (χ0v) is 18.7. The van der Waals surface area contributed by atoms with Gasteiger partial charge in [-0.25, -0.2) is 9.50 Å². The van der Waals surface area contributed by atoms with Gasteiger partial charge in [-0.05, 0) is 90.2 Å². The van der Waals surface area contributed by atoms with E-state index < -0.39 is 0 Å². The van der Waals surface area contributed by atoms with E-state index >= 15 is 0 Å². The Morgan fingerprint density at radius 1 is 0.970 bits per heavy atom. The molecule has 1 N–H and O–H groups in total. The highest BCUT2D eigenvalue weighted by atomic mass is 16.1. The highest BCUT2D eigenvalue weighted by molar-refractivity contribution is 5.99. The molecule has 0 radical (unpaired) electrons. The summed E-state index contributed by atoms with van der Waals surface area (Å²) in [7, 11) is 0. The molecule has 8 rings (SSSR count). The Morgan fingerprint density at radius 3 is 2.45 bits per heavy atom. The second-order valence-corrected chi connectivity index (χ2v) is 10.8. The predicted molar refractivity (Wildman–Crippen MR) is 130 cm³/mol. The van der Waals surface area contributed by atoms with Crippen molar-refractivity contribution in [1.82, 2.24) is 14.6 Å². The van der Waals surface area contributed by atoms with Crippen LogP contribution in [0.5, 0.6) is 0 Å². The number of hydrogen-bond donors (Lipinski definition) is 1. The van der Waals surface area contributed by atoms with E-state index in [2.05, 4.69) is 52.8 Å². The van der Waals surface area contributed by atoms with Crippen LogP contribution in [0.1, 0.15) is 44.9 Å². The summed E-state index contributed by atoms with van der Waals surface area (Å²) >= 11 is 0. The molecule has 4 bridgehead atoms. The van der Waals surface area contributed by atoms with Crippen molar-refractivity contribution in [3.05, 3.63) is 60.9 Å². The van der Waals surface area contributed by atoms with Gasteiger partial charge in [0.15, 0.2) is 11.5 Å². The lowest BCUT2D eigenvalue weighted by Gasteiger charge is -2.56. The fourth-order valence-electron chi connectivity index (χ4n) is 7.61. The van der Waals surface area contributed by atoms with Gasteiger partial charge in [-0.15, -0.1) is 5.10 Å². The first-order valence-electron chi connectivity index (χ1n) is 12.3. The molecule has 4 aliphatic rings. The molecule has 2 heterocycles. The molecule has 0 saturated heterocycles. The molecule has 2 aromatic carbocycles. The smallest absolute Gasteiger partial charge is 0.226 e. The number of nitrogens with one attached hydrogen (secondary N) is 1. The maximum absolute atomic E-state index is 13.4. The Labute approximate surface area is 193 Å². The number of amides is 1. The number of rotatable bonds is 4. The van der Waals surface area contributed by atoms with E-state index in [1.165, 1.54) is 43.9 Å². The van der Waals surface area contributed by atoms with Crippen LogP contribution in [0.3, 0.4) is 0 Å². The summed E-state index contributed by atoms with van der Waals surface area (Å²) < 4.78 is 1.77. The van der Waals surface area contributed by atoms with Gasteiger partial charge in [0, 0.05) is 18.8 Å². The molecule has 1 amide bonds. The van der Waals surface area contributed by atoms with Crippen molar-refractivity contribution in [2.75, 3.05) is 5.32 Å². The number of carbonyl (C=O) groups excluding carboxylic acids is 1. The average Bonchev–Trinajstić information content (AvgIpc) is 3.15. The fourth-order valence-corrected chi connectivity index (χ4v) is 7.61. The van der Waals surface area contributed by atoms with Crippen molar-refractivity contribution in [1.29, 1.82) is 0 Å². The number of nitrogens with zero attached hydrogens (tertiary/aromatic N) is 3. The highest BCUT2D eigenvalue weighted by Gasteiger charge is 2.51. The summed E-state index contributed by atoms with van der Waals surface area (Å²) in [6.45, 7) is 0. The average molecular weight is 437 g/mol. The molecule has 4 saturated carbocycles. The summed E-state index contributed by atoms with van der Waals surface area (Å²) in [5.74, 6) is 3.24. The van der Waals surface area contributed by atoms with Gasteiger partial charge < -0.3 is 5.32 Å². The molecule has 0 unspecified atom stereocenters. The van der Waals surface area contributed by atoms with E-state index in [0.717, 1.165) is 39.9 Å². The first kappa shape index (κ1) is 19.3. The van der Waals surface area contributed by atoms with Crippen LogP contribution in [-0.2, 0) is 4.79 Å². The summed E-state index contributed by atoms with van der Waals surface area (Å²) in [6.07, 6.45) is 12.2. The molecule has 0 atom stereocenters. The molecular formula is C28H28N4O. The minimum Gasteiger partial charge on any atom is -0.309 e. The molecule has 0 aliphatic heterocycles. The SMILES string of the molecule is O=C(CC12CC3CC(CC(C3)C1)C2)Nc1nn2cccnc2c1-c1ccc2ccccc2c1. The van der Waals surface area contributed by atoms with Crippen LogP contribution >= 0.6 is 0 Å². The van der Waals surface area contributed by atoms with Crippen LogP contribution < -0.4 is 5.32 Å². The number of benzene rings is 2. The number of carbonyl (C=O) groups is 1. The number of anilines is 1. The van der Waals surface area contributed by atoms with Gasteiger partial charge in [0.2, 0.25) is 5.91 Å². The summed E-state index contributed by atoms with van der Waals surface area (Å²) in [5.41, 5.74) is 2.88. The van der Waals surface area contributed by atoms with E-state index in [1.54, 1.807) is 10.7 Å². The highest BCUT2D eigenvalue weighted by Crippen LogP contribution is 2.61. The normalized spacial score (nSPS) is 27.9.